The lowest BCUT2D eigenvalue weighted by Crippen LogP contribution is -2.56. The number of ether oxygens (including phenoxy) is 3. The standard InChI is InChI=1S/C28H28N2O6S/c1-16-6-7-18-14-24(37-23(18)12-16)19-9-11-30(17(2)13-19)15-25(31)28(35-26(32)27(33)36-28)34-22-5-3-4-21-20(22)8-10-29-21/h3-8,10,12,14,17,19,25,29,31H,9,11,13,15H2,1-2H3/t17-,19-,25+/m1/s1. The number of aryl methyl sites for hydroxylation is 1. The molecule has 4 aromatic rings. The van der Waals surface area contributed by atoms with E-state index in [1.54, 1.807) is 24.4 Å². The first kappa shape index (κ1) is 24.0. The molecule has 2 aliphatic rings. The minimum atomic E-state index is -2.25. The zero-order valence-electron chi connectivity index (χ0n) is 20.6. The number of hydrogen-bond acceptors (Lipinski definition) is 8. The number of H-pyrrole nitrogens is 1. The minimum Gasteiger partial charge on any atom is -0.418 e. The van der Waals surface area contributed by atoms with Gasteiger partial charge in [0.1, 0.15) is 5.75 Å². The molecule has 2 N–H and O–H groups in total. The highest BCUT2D eigenvalue weighted by Gasteiger charge is 2.58. The molecule has 0 saturated carbocycles. The van der Waals surface area contributed by atoms with Gasteiger partial charge in [-0.15, -0.1) is 11.3 Å². The number of carbonyl (C=O) groups excluding carboxylic acids is 2. The Balaban J connectivity index is 1.19. The minimum absolute atomic E-state index is 0.114. The van der Waals surface area contributed by atoms with Crippen molar-refractivity contribution >= 4 is 44.3 Å². The predicted octanol–water partition coefficient (Wildman–Crippen LogP) is 4.45. The Morgan fingerprint density at radius 1 is 1.19 bits per heavy atom. The highest BCUT2D eigenvalue weighted by molar-refractivity contribution is 7.19. The van der Waals surface area contributed by atoms with E-state index in [-0.39, 0.29) is 12.6 Å². The van der Waals surface area contributed by atoms with Crippen molar-refractivity contribution in [3.63, 3.8) is 0 Å². The van der Waals surface area contributed by atoms with Crippen LogP contribution in [0.25, 0.3) is 21.0 Å². The summed E-state index contributed by atoms with van der Waals surface area (Å²) in [6.45, 7) is 5.08. The molecule has 0 bridgehead atoms. The molecular weight excluding hydrogens is 492 g/mol. The molecule has 0 radical (unpaired) electrons. The van der Waals surface area contributed by atoms with Gasteiger partial charge in [0.05, 0.1) is 0 Å². The van der Waals surface area contributed by atoms with E-state index in [4.69, 9.17) is 14.2 Å². The monoisotopic (exact) mass is 520 g/mol. The van der Waals surface area contributed by atoms with Crippen molar-refractivity contribution in [1.82, 2.24) is 9.88 Å². The van der Waals surface area contributed by atoms with Crippen LogP contribution in [0.4, 0.5) is 0 Å². The van der Waals surface area contributed by atoms with Gasteiger partial charge in [-0.25, -0.2) is 9.59 Å². The number of benzene rings is 2. The second kappa shape index (κ2) is 9.16. The van der Waals surface area contributed by atoms with Gasteiger partial charge < -0.3 is 24.3 Å². The number of aromatic nitrogens is 1. The van der Waals surface area contributed by atoms with Crippen LogP contribution < -0.4 is 4.74 Å². The Bertz CT molecular complexity index is 1480. The van der Waals surface area contributed by atoms with Gasteiger partial charge in [-0.05, 0) is 80.4 Å². The van der Waals surface area contributed by atoms with Gasteiger partial charge in [0.2, 0.25) is 0 Å². The molecule has 2 aliphatic heterocycles. The van der Waals surface area contributed by atoms with Gasteiger partial charge in [0.25, 0.3) is 0 Å². The van der Waals surface area contributed by atoms with Gasteiger partial charge in [0, 0.05) is 39.3 Å². The van der Waals surface area contributed by atoms with Crippen molar-refractivity contribution in [1.29, 1.82) is 0 Å². The third-order valence-corrected chi connectivity index (χ3v) is 8.63. The average molecular weight is 521 g/mol. The Kier molecular flexibility index (Phi) is 5.94. The van der Waals surface area contributed by atoms with Crippen LogP contribution in [-0.4, -0.2) is 58.1 Å². The summed E-state index contributed by atoms with van der Waals surface area (Å²) < 4.78 is 17.8. The summed E-state index contributed by atoms with van der Waals surface area (Å²) in [7, 11) is 0. The fourth-order valence-electron chi connectivity index (χ4n) is 5.35. The van der Waals surface area contributed by atoms with Crippen LogP contribution >= 0.6 is 11.3 Å². The molecule has 0 amide bonds. The third-order valence-electron chi connectivity index (χ3n) is 7.37. The number of nitrogens with one attached hydrogen (secondary N) is 1. The van der Waals surface area contributed by atoms with Crippen LogP contribution in [0.3, 0.4) is 0 Å². The molecule has 2 aromatic carbocycles. The lowest BCUT2D eigenvalue weighted by atomic mass is 9.90. The molecule has 37 heavy (non-hydrogen) atoms. The first-order valence-electron chi connectivity index (χ1n) is 12.4. The molecular formula is C28H28N2O6S. The van der Waals surface area contributed by atoms with E-state index in [1.165, 1.54) is 20.5 Å². The van der Waals surface area contributed by atoms with Crippen LogP contribution in [0.15, 0.2) is 54.7 Å². The van der Waals surface area contributed by atoms with Crippen LogP contribution in [0, 0.1) is 6.92 Å². The van der Waals surface area contributed by atoms with E-state index in [0.29, 0.717) is 17.1 Å². The van der Waals surface area contributed by atoms with Crippen LogP contribution in [-0.2, 0) is 19.1 Å². The van der Waals surface area contributed by atoms with E-state index >= 15 is 0 Å². The smallest absolute Gasteiger partial charge is 0.418 e. The number of aliphatic hydroxyl groups is 1. The maximum Gasteiger partial charge on any atom is 0.451 e. The maximum absolute atomic E-state index is 12.0. The molecule has 3 atom stereocenters. The molecule has 0 aliphatic carbocycles. The van der Waals surface area contributed by atoms with Gasteiger partial charge in [-0.1, -0.05) is 18.2 Å². The molecule has 2 aromatic heterocycles. The number of rotatable bonds is 6. The summed E-state index contributed by atoms with van der Waals surface area (Å²) >= 11 is 1.85. The van der Waals surface area contributed by atoms with E-state index in [9.17, 15) is 14.7 Å². The van der Waals surface area contributed by atoms with Crippen molar-refractivity contribution in [3.8, 4) is 5.75 Å². The number of fused-ring (bicyclic) bond motifs is 2. The number of likely N-dealkylation sites (tertiary alicyclic amines) is 1. The highest BCUT2D eigenvalue weighted by atomic mass is 32.1. The maximum atomic E-state index is 12.0. The summed E-state index contributed by atoms with van der Waals surface area (Å²) in [5.41, 5.74) is 2.06. The Morgan fingerprint density at radius 2 is 2.00 bits per heavy atom. The summed E-state index contributed by atoms with van der Waals surface area (Å²) in [4.78, 5) is 30.7. The first-order valence-corrected chi connectivity index (χ1v) is 13.3. The Hall–Kier alpha value is -3.40. The quantitative estimate of drug-likeness (QED) is 0.286. The SMILES string of the molecule is Cc1ccc2cc([C@@H]3CCN(C[C@H](O)C4(Oc5cccc6[nH]ccc56)OC(=O)C(=O)O4)[C@H](C)C3)sc2c1. The number of cyclic esters (lactones) is 2. The van der Waals surface area contributed by atoms with E-state index in [2.05, 4.69) is 48.0 Å². The van der Waals surface area contributed by atoms with Crippen LogP contribution in [0.5, 0.6) is 5.75 Å². The van der Waals surface area contributed by atoms with Gasteiger partial charge in [-0.2, -0.15) is 0 Å². The van der Waals surface area contributed by atoms with E-state index in [1.807, 2.05) is 17.4 Å². The molecule has 2 saturated heterocycles. The number of thiophene rings is 1. The zero-order valence-corrected chi connectivity index (χ0v) is 21.4. The summed E-state index contributed by atoms with van der Waals surface area (Å²) in [6.07, 6.45) is 2.19. The normalized spacial score (nSPS) is 22.8. The molecule has 4 heterocycles. The zero-order chi connectivity index (χ0) is 25.7. The number of carbonyl (C=O) groups is 2. The Morgan fingerprint density at radius 3 is 2.78 bits per heavy atom. The van der Waals surface area contributed by atoms with Crippen LogP contribution in [0.1, 0.15) is 36.1 Å². The second-order valence-electron chi connectivity index (χ2n) is 9.95. The number of aliphatic hydroxyl groups excluding tert-OH is 1. The van der Waals surface area contributed by atoms with Crippen molar-refractivity contribution < 1.29 is 28.9 Å². The van der Waals surface area contributed by atoms with Crippen molar-refractivity contribution in [3.05, 3.63) is 65.2 Å². The number of β-amino-alcohol motifs (C(OH)–C–C–N with tert-alkyl or cyclic N) is 1. The Labute approximate surface area is 217 Å². The molecule has 0 unspecified atom stereocenters. The molecule has 9 heteroatoms. The number of aromatic amines is 1. The molecule has 8 nitrogen and oxygen atoms in total. The summed E-state index contributed by atoms with van der Waals surface area (Å²) in [5, 5.41) is 13.3. The number of esters is 2. The highest BCUT2D eigenvalue weighted by Crippen LogP contribution is 2.39. The van der Waals surface area contributed by atoms with Crippen molar-refractivity contribution in [2.75, 3.05) is 13.1 Å². The van der Waals surface area contributed by atoms with Gasteiger partial charge >= 0.3 is 17.9 Å². The number of hydrogen-bond donors (Lipinski definition) is 2. The van der Waals surface area contributed by atoms with Crippen molar-refractivity contribution in [2.24, 2.45) is 0 Å². The fourth-order valence-corrected chi connectivity index (χ4v) is 6.66. The second-order valence-corrected chi connectivity index (χ2v) is 11.1. The summed E-state index contributed by atoms with van der Waals surface area (Å²) in [6, 6.07) is 16.1. The lowest BCUT2D eigenvalue weighted by molar-refractivity contribution is -0.319. The van der Waals surface area contributed by atoms with Crippen LogP contribution in [0.2, 0.25) is 0 Å². The predicted molar refractivity (Wildman–Crippen MR) is 139 cm³/mol. The average Bonchev–Trinajstić information content (AvgIpc) is 3.58. The van der Waals surface area contributed by atoms with E-state index < -0.39 is 24.0 Å². The summed E-state index contributed by atoms with van der Waals surface area (Å²) in [5.74, 6) is -3.87. The van der Waals surface area contributed by atoms with E-state index in [0.717, 1.165) is 24.9 Å². The molecule has 2 fully saturated rings. The molecule has 0 spiro atoms. The number of nitrogens with zero attached hydrogens (tertiary/aromatic N) is 1. The fraction of sp³-hybridized carbons (Fsp3) is 0.357. The lowest BCUT2D eigenvalue weighted by Gasteiger charge is -2.40. The van der Waals surface area contributed by atoms with Gasteiger partial charge in [-0.3, -0.25) is 4.90 Å². The molecule has 192 valence electrons. The topological polar surface area (TPSA) is 101 Å². The first-order chi connectivity index (χ1) is 17.8. The van der Waals surface area contributed by atoms with Crippen molar-refractivity contribution in [2.45, 2.75) is 50.7 Å². The molecule has 6 rings (SSSR count). The largest absolute Gasteiger partial charge is 0.451 e. The number of piperidine rings is 1. The third kappa shape index (κ3) is 4.37. The van der Waals surface area contributed by atoms with Gasteiger partial charge in [0.15, 0.2) is 6.10 Å².